The summed E-state index contributed by atoms with van der Waals surface area (Å²) in [5, 5.41) is 11.9. The molecule has 4 rings (SSSR count). The second kappa shape index (κ2) is 10.2. The van der Waals surface area contributed by atoms with Crippen LogP contribution in [-0.2, 0) is 11.3 Å². The van der Waals surface area contributed by atoms with Crippen molar-refractivity contribution in [1.82, 2.24) is 25.2 Å². The second-order valence-corrected chi connectivity index (χ2v) is 7.74. The lowest BCUT2D eigenvalue weighted by atomic mass is 10.1. The molecule has 2 aliphatic heterocycles. The van der Waals surface area contributed by atoms with Crippen molar-refractivity contribution in [1.29, 1.82) is 0 Å². The van der Waals surface area contributed by atoms with Gasteiger partial charge in [0.25, 0.3) is 5.91 Å². The van der Waals surface area contributed by atoms with Gasteiger partial charge in [0.2, 0.25) is 0 Å². The van der Waals surface area contributed by atoms with E-state index in [2.05, 4.69) is 27.8 Å². The van der Waals surface area contributed by atoms with Gasteiger partial charge in [0.05, 0.1) is 24.4 Å². The molecule has 0 atom stereocenters. The summed E-state index contributed by atoms with van der Waals surface area (Å²) in [5.41, 5.74) is 2.58. The lowest BCUT2D eigenvalue weighted by Crippen LogP contribution is -2.41. The Kier molecular flexibility index (Phi) is 7.64. The van der Waals surface area contributed by atoms with E-state index >= 15 is 0 Å². The van der Waals surface area contributed by atoms with E-state index in [0.717, 1.165) is 44.5 Å². The minimum Gasteiger partial charge on any atom is -0.373 e. The fourth-order valence-corrected chi connectivity index (χ4v) is 4.10. The Balaban J connectivity index is 0.00000240. The molecule has 1 N–H and O–H groups in total. The van der Waals surface area contributed by atoms with Gasteiger partial charge in [-0.3, -0.25) is 4.79 Å². The first-order chi connectivity index (χ1) is 13.7. The van der Waals surface area contributed by atoms with E-state index in [1.54, 1.807) is 0 Å². The van der Waals surface area contributed by atoms with Crippen molar-refractivity contribution in [2.45, 2.75) is 51.4 Å². The van der Waals surface area contributed by atoms with Crippen molar-refractivity contribution in [3.8, 4) is 0 Å². The SMILES string of the molecule is Cc1c(C(=O)N2CCC(OCc3ccccc3)CC2)nnn1C1CCNCC1.Cl. The Morgan fingerprint density at radius 2 is 1.83 bits per heavy atom. The summed E-state index contributed by atoms with van der Waals surface area (Å²) in [6.07, 6.45) is 3.99. The van der Waals surface area contributed by atoms with Crippen molar-refractivity contribution in [2.75, 3.05) is 26.2 Å². The highest BCUT2D eigenvalue weighted by Gasteiger charge is 2.29. The summed E-state index contributed by atoms with van der Waals surface area (Å²) in [7, 11) is 0. The molecule has 8 heteroatoms. The first kappa shape index (κ1) is 21.7. The Morgan fingerprint density at radius 3 is 2.52 bits per heavy atom. The number of carbonyl (C=O) groups is 1. The lowest BCUT2D eigenvalue weighted by molar-refractivity contribution is -0.000527. The molecule has 1 aromatic carbocycles. The molecular formula is C21H30ClN5O2. The van der Waals surface area contributed by atoms with E-state index in [9.17, 15) is 4.79 Å². The van der Waals surface area contributed by atoms with Crippen molar-refractivity contribution in [3.05, 3.63) is 47.3 Å². The fourth-order valence-electron chi connectivity index (χ4n) is 4.10. The molecule has 2 saturated heterocycles. The topological polar surface area (TPSA) is 72.3 Å². The molecule has 29 heavy (non-hydrogen) atoms. The number of aromatic nitrogens is 3. The van der Waals surface area contributed by atoms with Crippen LogP contribution in [-0.4, -0.2) is 58.1 Å². The smallest absolute Gasteiger partial charge is 0.276 e. The molecule has 2 aliphatic rings. The van der Waals surface area contributed by atoms with Crippen LogP contribution in [0.3, 0.4) is 0 Å². The van der Waals surface area contributed by atoms with Crippen LogP contribution in [0, 0.1) is 6.92 Å². The number of amides is 1. The van der Waals surface area contributed by atoms with Crippen LogP contribution in [0.2, 0.25) is 0 Å². The van der Waals surface area contributed by atoms with Gasteiger partial charge in [-0.1, -0.05) is 35.5 Å². The van der Waals surface area contributed by atoms with E-state index in [0.29, 0.717) is 31.4 Å². The van der Waals surface area contributed by atoms with E-state index in [1.807, 2.05) is 34.7 Å². The molecule has 1 amide bonds. The maximum atomic E-state index is 13.0. The average Bonchev–Trinajstić information content (AvgIpc) is 3.15. The number of hydrogen-bond donors (Lipinski definition) is 1. The summed E-state index contributed by atoms with van der Waals surface area (Å²) in [5.74, 6) is -0.000746. The van der Waals surface area contributed by atoms with E-state index in [1.165, 1.54) is 5.56 Å². The monoisotopic (exact) mass is 419 g/mol. The third-order valence-corrected chi connectivity index (χ3v) is 5.84. The van der Waals surface area contributed by atoms with Crippen LogP contribution in [0.5, 0.6) is 0 Å². The fraction of sp³-hybridized carbons (Fsp3) is 0.571. The molecule has 3 heterocycles. The van der Waals surface area contributed by atoms with Gasteiger partial charge in [0.1, 0.15) is 0 Å². The van der Waals surface area contributed by atoms with Gasteiger partial charge < -0.3 is 15.0 Å². The molecule has 0 spiro atoms. The molecule has 0 aliphatic carbocycles. The maximum absolute atomic E-state index is 13.0. The molecule has 0 saturated carbocycles. The Labute approximate surface area is 178 Å². The highest BCUT2D eigenvalue weighted by molar-refractivity contribution is 5.93. The summed E-state index contributed by atoms with van der Waals surface area (Å²) in [6, 6.07) is 10.6. The standard InChI is InChI=1S/C21H29N5O2.ClH/c1-16-20(23-24-26(16)18-7-11-22-12-8-18)21(27)25-13-9-19(10-14-25)28-15-17-5-3-2-4-6-17;/h2-6,18-19,22H,7-15H2,1H3;1H. The van der Waals surface area contributed by atoms with E-state index in [-0.39, 0.29) is 24.4 Å². The van der Waals surface area contributed by atoms with Crippen LogP contribution in [0.25, 0.3) is 0 Å². The van der Waals surface area contributed by atoms with Crippen LogP contribution in [0.4, 0.5) is 0 Å². The van der Waals surface area contributed by atoms with Crippen LogP contribution < -0.4 is 5.32 Å². The van der Waals surface area contributed by atoms with Crippen LogP contribution in [0.1, 0.15) is 53.5 Å². The highest BCUT2D eigenvalue weighted by Crippen LogP contribution is 2.22. The van der Waals surface area contributed by atoms with Gasteiger partial charge in [-0.25, -0.2) is 4.68 Å². The van der Waals surface area contributed by atoms with Gasteiger partial charge in [0, 0.05) is 13.1 Å². The summed E-state index contributed by atoms with van der Waals surface area (Å²) >= 11 is 0. The number of nitrogens with one attached hydrogen (secondary N) is 1. The number of rotatable bonds is 5. The molecule has 2 aromatic rings. The van der Waals surface area contributed by atoms with E-state index in [4.69, 9.17) is 4.74 Å². The number of nitrogens with zero attached hydrogens (tertiary/aromatic N) is 4. The maximum Gasteiger partial charge on any atom is 0.276 e. The average molecular weight is 420 g/mol. The first-order valence-electron chi connectivity index (χ1n) is 10.3. The molecule has 158 valence electrons. The molecule has 2 fully saturated rings. The van der Waals surface area contributed by atoms with Crippen molar-refractivity contribution in [3.63, 3.8) is 0 Å². The minimum atomic E-state index is -0.000746. The van der Waals surface area contributed by atoms with Gasteiger partial charge >= 0.3 is 0 Å². The van der Waals surface area contributed by atoms with Gasteiger partial charge in [-0.05, 0) is 51.3 Å². The predicted molar refractivity (Wildman–Crippen MR) is 113 cm³/mol. The lowest BCUT2D eigenvalue weighted by Gasteiger charge is -2.31. The summed E-state index contributed by atoms with van der Waals surface area (Å²) < 4.78 is 7.98. The van der Waals surface area contributed by atoms with Crippen LogP contribution >= 0.6 is 12.4 Å². The minimum absolute atomic E-state index is 0. The van der Waals surface area contributed by atoms with Gasteiger partial charge in [0.15, 0.2) is 5.69 Å². The van der Waals surface area contributed by atoms with E-state index < -0.39 is 0 Å². The second-order valence-electron chi connectivity index (χ2n) is 7.74. The molecule has 0 unspecified atom stereocenters. The van der Waals surface area contributed by atoms with Crippen molar-refractivity contribution in [2.24, 2.45) is 0 Å². The molecule has 0 radical (unpaired) electrons. The normalized spacial score (nSPS) is 18.4. The number of ether oxygens (including phenoxy) is 1. The number of benzene rings is 1. The number of hydrogen-bond acceptors (Lipinski definition) is 5. The van der Waals surface area contributed by atoms with Crippen LogP contribution in [0.15, 0.2) is 30.3 Å². The number of likely N-dealkylation sites (tertiary alicyclic amines) is 1. The molecular weight excluding hydrogens is 390 g/mol. The number of carbonyl (C=O) groups excluding carboxylic acids is 1. The zero-order chi connectivity index (χ0) is 19.3. The Morgan fingerprint density at radius 1 is 1.14 bits per heavy atom. The predicted octanol–water partition coefficient (Wildman–Crippen LogP) is 2.75. The summed E-state index contributed by atoms with van der Waals surface area (Å²) in [6.45, 7) is 5.98. The highest BCUT2D eigenvalue weighted by atomic mass is 35.5. The molecule has 0 bridgehead atoms. The zero-order valence-electron chi connectivity index (χ0n) is 16.9. The Hall–Kier alpha value is -1.96. The summed E-state index contributed by atoms with van der Waals surface area (Å²) in [4.78, 5) is 14.9. The zero-order valence-corrected chi connectivity index (χ0v) is 17.7. The van der Waals surface area contributed by atoms with Crippen molar-refractivity contribution >= 4 is 18.3 Å². The largest absolute Gasteiger partial charge is 0.373 e. The quantitative estimate of drug-likeness (QED) is 0.806. The van der Waals surface area contributed by atoms with Gasteiger partial charge in [-0.2, -0.15) is 0 Å². The first-order valence-corrected chi connectivity index (χ1v) is 10.3. The third kappa shape index (κ3) is 5.15. The molecule has 1 aromatic heterocycles. The Bertz CT molecular complexity index is 784. The number of piperidine rings is 2. The van der Waals surface area contributed by atoms with Gasteiger partial charge in [-0.15, -0.1) is 17.5 Å². The van der Waals surface area contributed by atoms with Crippen molar-refractivity contribution < 1.29 is 9.53 Å². The molecule has 7 nitrogen and oxygen atoms in total. The third-order valence-electron chi connectivity index (χ3n) is 5.84. The number of halogens is 1.